The van der Waals surface area contributed by atoms with Crippen LogP contribution in [0.1, 0.15) is 51.0 Å². The number of pyridine rings is 1. The number of aromatic hydroxyl groups is 1. The molecule has 4 aromatic rings. The molecule has 44 heavy (non-hydrogen) atoms. The van der Waals surface area contributed by atoms with Crippen molar-refractivity contribution in [3.05, 3.63) is 47.4 Å². The van der Waals surface area contributed by atoms with E-state index in [0.29, 0.717) is 37.3 Å². The summed E-state index contributed by atoms with van der Waals surface area (Å²) >= 11 is 0. The highest BCUT2D eigenvalue weighted by molar-refractivity contribution is 6.02. The summed E-state index contributed by atoms with van der Waals surface area (Å²) in [7, 11) is 0. The second-order valence-corrected chi connectivity index (χ2v) is 12.1. The highest BCUT2D eigenvalue weighted by Gasteiger charge is 2.49. The molecule has 2 aromatic carbocycles. The number of fused-ring (bicyclic) bond motifs is 3. The van der Waals surface area contributed by atoms with Crippen LogP contribution in [-0.4, -0.2) is 69.5 Å². The predicted octanol–water partition coefficient (Wildman–Crippen LogP) is 5.98. The SMILES string of the molecule is CCc1c(F)ccc2c(F)c(O)cc(-c3ncc4c(N5CCCCCN5)nc(OC[C@@]56CCCN5C[C@H](F)C6)nc4c3F)c12. The first-order valence-corrected chi connectivity index (χ1v) is 15.3. The van der Waals surface area contributed by atoms with Crippen molar-refractivity contribution in [2.75, 3.05) is 37.8 Å². The fourth-order valence-electron chi connectivity index (χ4n) is 7.23. The van der Waals surface area contributed by atoms with Gasteiger partial charge < -0.3 is 9.84 Å². The average molecular weight is 611 g/mol. The molecule has 0 spiro atoms. The highest BCUT2D eigenvalue weighted by Crippen LogP contribution is 2.42. The number of hydrogen-bond acceptors (Lipinski definition) is 8. The van der Waals surface area contributed by atoms with Crippen molar-refractivity contribution in [1.82, 2.24) is 25.3 Å². The van der Waals surface area contributed by atoms with Crippen LogP contribution in [0.5, 0.6) is 11.8 Å². The third kappa shape index (κ3) is 4.79. The molecule has 5 heterocycles. The number of hydrogen-bond donors (Lipinski definition) is 2. The number of aryl methyl sites for hydroxylation is 1. The van der Waals surface area contributed by atoms with Crippen LogP contribution in [0.2, 0.25) is 0 Å². The van der Waals surface area contributed by atoms with E-state index in [4.69, 9.17) is 4.74 Å². The van der Waals surface area contributed by atoms with Crippen LogP contribution in [-0.2, 0) is 6.42 Å². The lowest BCUT2D eigenvalue weighted by Crippen LogP contribution is -2.43. The summed E-state index contributed by atoms with van der Waals surface area (Å²) in [6.45, 7) is 4.38. The largest absolute Gasteiger partial charge is 0.505 e. The van der Waals surface area contributed by atoms with Crippen molar-refractivity contribution in [2.24, 2.45) is 0 Å². The van der Waals surface area contributed by atoms with Crippen LogP contribution < -0.4 is 15.2 Å². The fourth-order valence-corrected chi connectivity index (χ4v) is 7.23. The third-order valence-corrected chi connectivity index (χ3v) is 9.37. The number of phenolic OH excluding ortho intramolecular Hbond substituents is 1. The van der Waals surface area contributed by atoms with Crippen LogP contribution in [0, 0.1) is 17.5 Å². The second kappa shape index (κ2) is 11.3. The fraction of sp³-hybridized carbons (Fsp3) is 0.469. The molecule has 2 atom stereocenters. The van der Waals surface area contributed by atoms with E-state index in [9.17, 15) is 13.9 Å². The lowest BCUT2D eigenvalue weighted by molar-refractivity contribution is 0.107. The molecule has 3 fully saturated rings. The lowest BCUT2D eigenvalue weighted by Gasteiger charge is -2.31. The summed E-state index contributed by atoms with van der Waals surface area (Å²) in [6.07, 6.45) is 5.71. The van der Waals surface area contributed by atoms with Gasteiger partial charge in [-0.25, -0.2) is 23.0 Å². The maximum Gasteiger partial charge on any atom is 0.319 e. The van der Waals surface area contributed by atoms with Crippen LogP contribution >= 0.6 is 0 Å². The molecule has 232 valence electrons. The Morgan fingerprint density at radius 1 is 1.07 bits per heavy atom. The number of alkyl halides is 1. The summed E-state index contributed by atoms with van der Waals surface area (Å²) in [4.78, 5) is 15.7. The van der Waals surface area contributed by atoms with Gasteiger partial charge in [-0.3, -0.25) is 14.9 Å². The van der Waals surface area contributed by atoms with Crippen molar-refractivity contribution < 1.29 is 27.4 Å². The molecule has 0 bridgehead atoms. The molecule has 3 aliphatic rings. The standard InChI is InChI=1S/C32H34F4N6O2/c1-2-19-23(34)8-7-20-25(19)21(13-24(43)26(20)35)28-27(36)29-22(15-37-28)30(42-12-5-3-4-10-38-42)40-31(39-29)44-17-32-9-6-11-41(32)16-18(33)14-32/h7-8,13,15,18,38,43H,2-6,9-12,14,16-17H2,1H3/t18-,32+/m1/s1. The molecule has 3 aliphatic heterocycles. The van der Waals surface area contributed by atoms with Crippen molar-refractivity contribution in [3.63, 3.8) is 0 Å². The predicted molar refractivity (Wildman–Crippen MR) is 159 cm³/mol. The van der Waals surface area contributed by atoms with Gasteiger partial charge in [-0.05, 0) is 62.4 Å². The van der Waals surface area contributed by atoms with Crippen LogP contribution in [0.15, 0.2) is 24.4 Å². The zero-order chi connectivity index (χ0) is 30.6. The van der Waals surface area contributed by atoms with Gasteiger partial charge >= 0.3 is 6.01 Å². The van der Waals surface area contributed by atoms with Gasteiger partial charge in [-0.1, -0.05) is 13.3 Å². The number of benzene rings is 2. The molecule has 0 radical (unpaired) electrons. The van der Waals surface area contributed by atoms with Crippen LogP contribution in [0.4, 0.5) is 23.4 Å². The number of nitrogens with one attached hydrogen (secondary N) is 1. The molecular formula is C32H34F4N6O2. The van der Waals surface area contributed by atoms with Crippen molar-refractivity contribution in [3.8, 4) is 23.0 Å². The molecule has 2 N–H and O–H groups in total. The van der Waals surface area contributed by atoms with E-state index in [0.717, 1.165) is 50.8 Å². The summed E-state index contributed by atoms with van der Waals surface area (Å²) in [5, 5.41) is 12.7. The minimum atomic E-state index is -0.931. The van der Waals surface area contributed by atoms with Gasteiger partial charge in [0.2, 0.25) is 0 Å². The van der Waals surface area contributed by atoms with Gasteiger partial charge in [0, 0.05) is 48.6 Å². The normalized spacial score (nSPS) is 22.6. The molecule has 0 aliphatic carbocycles. The number of nitrogens with zero attached hydrogens (tertiary/aromatic N) is 5. The van der Waals surface area contributed by atoms with Gasteiger partial charge in [0.05, 0.1) is 10.9 Å². The van der Waals surface area contributed by atoms with Gasteiger partial charge in [-0.2, -0.15) is 9.97 Å². The van der Waals surface area contributed by atoms with Gasteiger partial charge in [-0.15, -0.1) is 0 Å². The Hall–Kier alpha value is -3.77. The minimum absolute atomic E-state index is 0.0381. The first kappa shape index (κ1) is 29.0. The summed E-state index contributed by atoms with van der Waals surface area (Å²) in [6, 6.07) is 3.39. The minimum Gasteiger partial charge on any atom is -0.505 e. The number of aromatic nitrogens is 3. The van der Waals surface area contributed by atoms with Gasteiger partial charge in [0.25, 0.3) is 0 Å². The van der Waals surface area contributed by atoms with E-state index < -0.39 is 34.9 Å². The van der Waals surface area contributed by atoms with E-state index in [1.165, 1.54) is 12.3 Å². The van der Waals surface area contributed by atoms with E-state index in [2.05, 4.69) is 25.3 Å². The summed E-state index contributed by atoms with van der Waals surface area (Å²) in [5.41, 5.74) is 2.83. The maximum absolute atomic E-state index is 16.7. The molecule has 12 heteroatoms. The maximum atomic E-state index is 16.7. The number of ether oxygens (including phenoxy) is 1. The topological polar surface area (TPSA) is 86.6 Å². The Kier molecular flexibility index (Phi) is 7.44. The van der Waals surface area contributed by atoms with Gasteiger partial charge in [0.1, 0.15) is 29.8 Å². The zero-order valence-corrected chi connectivity index (χ0v) is 24.5. The van der Waals surface area contributed by atoms with Crippen LogP contribution in [0.3, 0.4) is 0 Å². The third-order valence-electron chi connectivity index (χ3n) is 9.37. The van der Waals surface area contributed by atoms with E-state index in [1.807, 2.05) is 5.01 Å². The Morgan fingerprint density at radius 2 is 1.93 bits per heavy atom. The number of hydrazine groups is 1. The number of phenols is 1. The lowest BCUT2D eigenvalue weighted by atomic mass is 9.94. The first-order chi connectivity index (χ1) is 21.3. The van der Waals surface area contributed by atoms with Crippen molar-refractivity contribution in [2.45, 2.75) is 63.6 Å². The average Bonchev–Trinajstić information content (AvgIpc) is 3.39. The van der Waals surface area contributed by atoms with Crippen molar-refractivity contribution in [1.29, 1.82) is 0 Å². The van der Waals surface area contributed by atoms with E-state index >= 15 is 8.78 Å². The van der Waals surface area contributed by atoms with Gasteiger partial charge in [0.15, 0.2) is 23.2 Å². The molecule has 2 aromatic heterocycles. The quantitative estimate of drug-likeness (QED) is 0.258. The second-order valence-electron chi connectivity index (χ2n) is 12.1. The molecule has 7 rings (SSSR count). The molecular weight excluding hydrogens is 576 g/mol. The summed E-state index contributed by atoms with van der Waals surface area (Å²) in [5.74, 6) is -2.63. The number of anilines is 1. The number of rotatable bonds is 6. The van der Waals surface area contributed by atoms with E-state index in [1.54, 1.807) is 6.92 Å². The first-order valence-electron chi connectivity index (χ1n) is 15.3. The molecule has 0 unspecified atom stereocenters. The Labute approximate surface area is 252 Å². The Balaban J connectivity index is 1.39. The number of halogens is 4. The Morgan fingerprint density at radius 3 is 2.77 bits per heavy atom. The highest BCUT2D eigenvalue weighted by atomic mass is 19.1. The molecule has 0 saturated carbocycles. The van der Waals surface area contributed by atoms with Crippen molar-refractivity contribution >= 4 is 27.5 Å². The molecule has 0 amide bonds. The molecule has 3 saturated heterocycles. The van der Waals surface area contributed by atoms with Crippen LogP contribution in [0.25, 0.3) is 32.9 Å². The smallest absolute Gasteiger partial charge is 0.319 e. The summed E-state index contributed by atoms with van der Waals surface area (Å²) < 4.78 is 67.2. The zero-order valence-electron chi connectivity index (χ0n) is 24.5. The Bertz CT molecular complexity index is 1750. The molecule has 8 nitrogen and oxygen atoms in total. The monoisotopic (exact) mass is 610 g/mol. The van der Waals surface area contributed by atoms with E-state index in [-0.39, 0.29) is 52.1 Å².